The molecule has 0 saturated heterocycles. The predicted molar refractivity (Wildman–Crippen MR) is 90.8 cm³/mol. The van der Waals surface area contributed by atoms with Crippen LogP contribution in [0.2, 0.25) is 0 Å². The molecule has 1 aromatic carbocycles. The molecule has 2 aromatic rings. The molecule has 0 N–H and O–H groups in total. The number of sulfonamides is 1. The van der Waals surface area contributed by atoms with Gasteiger partial charge < -0.3 is 0 Å². The van der Waals surface area contributed by atoms with Crippen LogP contribution in [0.15, 0.2) is 40.7 Å². The Labute approximate surface area is 136 Å². The van der Waals surface area contributed by atoms with Gasteiger partial charge in [-0.25, -0.2) is 17.7 Å². The summed E-state index contributed by atoms with van der Waals surface area (Å²) in [5.74, 6) is 0. The lowest BCUT2D eigenvalue weighted by Crippen LogP contribution is -2.29. The van der Waals surface area contributed by atoms with Gasteiger partial charge in [0.2, 0.25) is 10.0 Å². The average molecular weight is 338 g/mol. The number of aromatic nitrogens is 1. The smallest absolute Gasteiger partial charge is 0.242 e. The van der Waals surface area contributed by atoms with Gasteiger partial charge in [-0.05, 0) is 23.1 Å². The van der Waals surface area contributed by atoms with Crippen LogP contribution in [0.3, 0.4) is 0 Å². The van der Waals surface area contributed by atoms with Crippen molar-refractivity contribution in [3.05, 3.63) is 46.4 Å². The molecule has 2 rings (SSSR count). The monoisotopic (exact) mass is 338 g/mol. The van der Waals surface area contributed by atoms with Crippen LogP contribution in [0.5, 0.6) is 0 Å². The van der Waals surface area contributed by atoms with Crippen LogP contribution in [-0.2, 0) is 21.9 Å². The van der Waals surface area contributed by atoms with Gasteiger partial charge in [-0.15, -0.1) is 11.3 Å². The molecule has 22 heavy (non-hydrogen) atoms. The molecule has 0 aliphatic carbocycles. The molecule has 0 amide bonds. The summed E-state index contributed by atoms with van der Waals surface area (Å²) in [4.78, 5) is 4.51. The maximum Gasteiger partial charge on any atom is 0.242 e. The molecule has 0 aliphatic heterocycles. The Hall–Kier alpha value is -1.24. The van der Waals surface area contributed by atoms with Crippen molar-refractivity contribution in [2.24, 2.45) is 0 Å². The molecule has 1 heterocycles. The Morgan fingerprint density at radius 1 is 1.18 bits per heavy atom. The Kier molecular flexibility index (Phi) is 5.04. The summed E-state index contributed by atoms with van der Waals surface area (Å²) < 4.78 is 26.5. The standard InChI is InChI=1S/C16H22N2O2S2/c1-16(2,3)13-5-7-14(8-6-13)22(19,20)18(4)11-9-15-17-10-12-21-15/h5-8,10,12H,9,11H2,1-4H3. The third-order valence-electron chi connectivity index (χ3n) is 3.55. The molecule has 6 heteroatoms. The Morgan fingerprint density at radius 3 is 2.32 bits per heavy atom. The third kappa shape index (κ3) is 3.94. The van der Waals surface area contributed by atoms with Crippen molar-refractivity contribution in [2.45, 2.75) is 37.5 Å². The molecular weight excluding hydrogens is 316 g/mol. The van der Waals surface area contributed by atoms with E-state index in [4.69, 9.17) is 0 Å². The Morgan fingerprint density at radius 2 is 1.82 bits per heavy atom. The minimum absolute atomic E-state index is 0.0129. The van der Waals surface area contributed by atoms with Crippen molar-refractivity contribution in [2.75, 3.05) is 13.6 Å². The second-order valence-corrected chi connectivity index (χ2v) is 9.30. The van der Waals surface area contributed by atoms with E-state index in [9.17, 15) is 8.42 Å². The molecule has 0 spiro atoms. The average Bonchev–Trinajstić information content (AvgIpc) is 2.97. The summed E-state index contributed by atoms with van der Waals surface area (Å²) in [6, 6.07) is 7.16. The van der Waals surface area contributed by atoms with Gasteiger partial charge in [0.05, 0.1) is 9.90 Å². The molecule has 120 valence electrons. The molecule has 0 atom stereocenters. The van der Waals surface area contributed by atoms with E-state index >= 15 is 0 Å². The first kappa shape index (κ1) is 17.1. The van der Waals surface area contributed by atoms with Crippen LogP contribution >= 0.6 is 11.3 Å². The van der Waals surface area contributed by atoms with E-state index in [0.717, 1.165) is 10.6 Å². The van der Waals surface area contributed by atoms with Gasteiger partial charge in [0, 0.05) is 31.6 Å². The van der Waals surface area contributed by atoms with E-state index in [-0.39, 0.29) is 5.41 Å². The first-order valence-electron chi connectivity index (χ1n) is 7.16. The van der Waals surface area contributed by atoms with Crippen molar-refractivity contribution in [1.29, 1.82) is 0 Å². The lowest BCUT2D eigenvalue weighted by atomic mass is 9.87. The lowest BCUT2D eigenvalue weighted by Gasteiger charge is -2.20. The molecular formula is C16H22N2O2S2. The molecule has 0 bridgehead atoms. The van der Waals surface area contributed by atoms with Crippen molar-refractivity contribution in [3.8, 4) is 0 Å². The number of hydrogen-bond acceptors (Lipinski definition) is 4. The summed E-state index contributed by atoms with van der Waals surface area (Å²) >= 11 is 1.54. The van der Waals surface area contributed by atoms with E-state index < -0.39 is 10.0 Å². The van der Waals surface area contributed by atoms with Gasteiger partial charge in [0.15, 0.2) is 0 Å². The molecule has 1 aromatic heterocycles. The SMILES string of the molecule is CN(CCc1nccs1)S(=O)(=O)c1ccc(C(C)(C)C)cc1. The van der Waals surface area contributed by atoms with Crippen LogP contribution < -0.4 is 0 Å². The van der Waals surface area contributed by atoms with Gasteiger partial charge in [0.1, 0.15) is 0 Å². The van der Waals surface area contributed by atoms with E-state index in [0.29, 0.717) is 17.9 Å². The fourth-order valence-corrected chi connectivity index (χ4v) is 3.84. The summed E-state index contributed by atoms with van der Waals surface area (Å²) in [5, 5.41) is 2.85. The largest absolute Gasteiger partial charge is 0.250 e. The molecule has 0 unspecified atom stereocenters. The third-order valence-corrected chi connectivity index (χ3v) is 6.26. The summed E-state index contributed by atoms with van der Waals surface area (Å²) in [7, 11) is -1.83. The number of likely N-dealkylation sites (N-methyl/N-ethyl adjacent to an activating group) is 1. The number of nitrogens with zero attached hydrogens (tertiary/aromatic N) is 2. The van der Waals surface area contributed by atoms with E-state index in [1.807, 2.05) is 17.5 Å². The van der Waals surface area contributed by atoms with E-state index in [1.54, 1.807) is 36.7 Å². The van der Waals surface area contributed by atoms with Crippen LogP contribution in [0.1, 0.15) is 31.3 Å². The highest BCUT2D eigenvalue weighted by atomic mass is 32.2. The summed E-state index contributed by atoms with van der Waals surface area (Å²) in [6.45, 7) is 6.75. The first-order valence-corrected chi connectivity index (χ1v) is 9.48. The zero-order valence-corrected chi connectivity index (χ0v) is 15.0. The Bertz CT molecular complexity index is 700. The van der Waals surface area contributed by atoms with E-state index in [1.165, 1.54) is 4.31 Å². The molecule has 4 nitrogen and oxygen atoms in total. The zero-order chi connectivity index (χ0) is 16.4. The summed E-state index contributed by atoms with van der Waals surface area (Å²) in [6.07, 6.45) is 2.37. The minimum atomic E-state index is -3.44. The van der Waals surface area contributed by atoms with Gasteiger partial charge in [-0.1, -0.05) is 32.9 Å². The summed E-state index contributed by atoms with van der Waals surface area (Å²) in [5.41, 5.74) is 1.14. The highest BCUT2D eigenvalue weighted by Crippen LogP contribution is 2.24. The second kappa shape index (κ2) is 6.48. The van der Waals surface area contributed by atoms with E-state index in [2.05, 4.69) is 25.8 Å². The quantitative estimate of drug-likeness (QED) is 0.840. The second-order valence-electron chi connectivity index (χ2n) is 6.28. The highest BCUT2D eigenvalue weighted by molar-refractivity contribution is 7.89. The Balaban J connectivity index is 2.11. The maximum absolute atomic E-state index is 12.6. The maximum atomic E-state index is 12.6. The topological polar surface area (TPSA) is 50.3 Å². The number of hydrogen-bond donors (Lipinski definition) is 0. The molecule has 0 fully saturated rings. The van der Waals surface area contributed by atoms with Gasteiger partial charge >= 0.3 is 0 Å². The van der Waals surface area contributed by atoms with Crippen LogP contribution in [0, 0.1) is 0 Å². The fourth-order valence-electron chi connectivity index (χ4n) is 2.06. The van der Waals surface area contributed by atoms with Gasteiger partial charge in [0.25, 0.3) is 0 Å². The fraction of sp³-hybridized carbons (Fsp3) is 0.438. The number of rotatable bonds is 5. The van der Waals surface area contributed by atoms with Crippen molar-refractivity contribution in [3.63, 3.8) is 0 Å². The lowest BCUT2D eigenvalue weighted by molar-refractivity contribution is 0.472. The van der Waals surface area contributed by atoms with Gasteiger partial charge in [-0.2, -0.15) is 0 Å². The number of thiazole rings is 1. The van der Waals surface area contributed by atoms with Crippen molar-refractivity contribution in [1.82, 2.24) is 9.29 Å². The first-order chi connectivity index (χ1) is 10.2. The molecule has 0 aliphatic rings. The normalized spacial score (nSPS) is 12.8. The van der Waals surface area contributed by atoms with Crippen LogP contribution in [-0.4, -0.2) is 31.3 Å². The molecule has 0 radical (unpaired) electrons. The predicted octanol–water partition coefficient (Wildman–Crippen LogP) is 3.30. The van der Waals surface area contributed by atoms with Crippen LogP contribution in [0.25, 0.3) is 0 Å². The molecule has 0 saturated carbocycles. The van der Waals surface area contributed by atoms with Crippen molar-refractivity contribution < 1.29 is 8.42 Å². The zero-order valence-electron chi connectivity index (χ0n) is 13.4. The van der Waals surface area contributed by atoms with Crippen molar-refractivity contribution >= 4 is 21.4 Å². The highest BCUT2D eigenvalue weighted by Gasteiger charge is 2.22. The van der Waals surface area contributed by atoms with Crippen LogP contribution in [0.4, 0.5) is 0 Å². The van der Waals surface area contributed by atoms with Gasteiger partial charge in [-0.3, -0.25) is 0 Å². The number of benzene rings is 1. The minimum Gasteiger partial charge on any atom is -0.250 e.